The van der Waals surface area contributed by atoms with Crippen molar-refractivity contribution in [3.63, 3.8) is 0 Å². The number of halogens is 2. The minimum atomic E-state index is -0.522. The fourth-order valence-corrected chi connectivity index (χ4v) is 3.64. The Kier molecular flexibility index (Phi) is 5.88. The average molecular weight is 410 g/mol. The van der Waals surface area contributed by atoms with Gasteiger partial charge in [-0.1, -0.05) is 11.6 Å². The number of tetrazole rings is 1. The standard InChI is InChI=1S/C19H25ClFN5O2/c1-12(26-23-11-22-24-26)14-10-17(21)16(20)9-15(14)13-5-7-25(8-6-13)18(27)28-19(2,3)4/h9-13H,5-8H2,1-4H3/t12-/m1/s1. The van der Waals surface area contributed by atoms with Gasteiger partial charge < -0.3 is 9.64 Å². The molecule has 1 aromatic carbocycles. The molecule has 2 heterocycles. The van der Waals surface area contributed by atoms with Gasteiger partial charge in [-0.15, -0.1) is 10.2 Å². The van der Waals surface area contributed by atoms with Crippen LogP contribution < -0.4 is 0 Å². The Morgan fingerprint density at radius 1 is 1.32 bits per heavy atom. The van der Waals surface area contributed by atoms with E-state index < -0.39 is 11.4 Å². The van der Waals surface area contributed by atoms with Gasteiger partial charge in [-0.05, 0) is 74.9 Å². The highest BCUT2D eigenvalue weighted by Gasteiger charge is 2.30. The summed E-state index contributed by atoms with van der Waals surface area (Å²) in [4.78, 5) is 15.5. The van der Waals surface area contributed by atoms with Gasteiger partial charge in [-0.3, -0.25) is 0 Å². The van der Waals surface area contributed by atoms with Crippen molar-refractivity contribution in [3.8, 4) is 0 Å². The third-order valence-electron chi connectivity index (χ3n) is 4.87. The molecule has 0 bridgehead atoms. The molecule has 0 spiro atoms. The molecule has 2 aromatic rings. The molecule has 9 heteroatoms. The molecule has 1 aliphatic heterocycles. The first-order valence-corrected chi connectivity index (χ1v) is 9.72. The second-order valence-corrected chi connectivity index (χ2v) is 8.48. The van der Waals surface area contributed by atoms with E-state index in [-0.39, 0.29) is 23.1 Å². The first-order valence-electron chi connectivity index (χ1n) is 9.35. The summed E-state index contributed by atoms with van der Waals surface area (Å²) in [7, 11) is 0. The van der Waals surface area contributed by atoms with E-state index in [2.05, 4.69) is 15.4 Å². The predicted octanol–water partition coefficient (Wildman–Crippen LogP) is 4.19. The monoisotopic (exact) mass is 409 g/mol. The summed E-state index contributed by atoms with van der Waals surface area (Å²) in [5, 5.41) is 11.8. The highest BCUT2D eigenvalue weighted by atomic mass is 35.5. The van der Waals surface area contributed by atoms with E-state index in [1.807, 2.05) is 27.7 Å². The first kappa shape index (κ1) is 20.5. The maximum Gasteiger partial charge on any atom is 0.410 e. The molecule has 1 fully saturated rings. The summed E-state index contributed by atoms with van der Waals surface area (Å²) in [5.41, 5.74) is 1.21. The number of rotatable bonds is 3. The molecule has 1 amide bonds. The highest BCUT2D eigenvalue weighted by Crippen LogP contribution is 2.36. The van der Waals surface area contributed by atoms with Crippen LogP contribution in [0.25, 0.3) is 0 Å². The lowest BCUT2D eigenvalue weighted by Crippen LogP contribution is -2.41. The molecule has 0 saturated carbocycles. The van der Waals surface area contributed by atoms with Crippen molar-refractivity contribution in [2.24, 2.45) is 0 Å². The normalized spacial score (nSPS) is 16.9. The molecule has 0 unspecified atom stereocenters. The zero-order valence-electron chi connectivity index (χ0n) is 16.5. The number of hydrogen-bond acceptors (Lipinski definition) is 5. The zero-order chi connectivity index (χ0) is 20.5. The lowest BCUT2D eigenvalue weighted by atomic mass is 9.84. The SMILES string of the molecule is C[C@H](c1cc(F)c(Cl)cc1C1CCN(C(=O)OC(C)(C)C)CC1)n1ncnn1. The van der Waals surface area contributed by atoms with Crippen molar-refractivity contribution >= 4 is 17.7 Å². The van der Waals surface area contributed by atoms with E-state index in [1.54, 1.807) is 11.0 Å². The number of carbonyl (C=O) groups excluding carboxylic acids is 1. The lowest BCUT2D eigenvalue weighted by molar-refractivity contribution is 0.0204. The van der Waals surface area contributed by atoms with Crippen molar-refractivity contribution in [2.75, 3.05) is 13.1 Å². The van der Waals surface area contributed by atoms with E-state index >= 15 is 0 Å². The topological polar surface area (TPSA) is 73.1 Å². The summed E-state index contributed by atoms with van der Waals surface area (Å²) in [6.07, 6.45) is 2.53. The van der Waals surface area contributed by atoms with Gasteiger partial charge in [0, 0.05) is 13.1 Å². The fourth-order valence-electron chi connectivity index (χ4n) is 3.47. The Hall–Kier alpha value is -2.22. The number of piperidine rings is 1. The first-order chi connectivity index (χ1) is 13.2. The van der Waals surface area contributed by atoms with Gasteiger partial charge in [-0.2, -0.15) is 4.80 Å². The van der Waals surface area contributed by atoms with Crippen molar-refractivity contribution in [1.29, 1.82) is 0 Å². The number of nitrogens with zero attached hydrogens (tertiary/aromatic N) is 5. The molecular weight excluding hydrogens is 385 g/mol. The van der Waals surface area contributed by atoms with Gasteiger partial charge in [-0.25, -0.2) is 9.18 Å². The van der Waals surface area contributed by atoms with Crippen molar-refractivity contribution < 1.29 is 13.9 Å². The van der Waals surface area contributed by atoms with Gasteiger partial charge in [0.15, 0.2) is 6.33 Å². The summed E-state index contributed by atoms with van der Waals surface area (Å²) in [6.45, 7) is 8.59. The molecule has 0 radical (unpaired) electrons. The van der Waals surface area contributed by atoms with E-state index in [9.17, 15) is 9.18 Å². The maximum absolute atomic E-state index is 14.2. The molecule has 152 valence electrons. The summed E-state index contributed by atoms with van der Waals surface area (Å²) < 4.78 is 19.6. The molecule has 1 saturated heterocycles. The molecule has 0 N–H and O–H groups in total. The predicted molar refractivity (Wildman–Crippen MR) is 103 cm³/mol. The largest absolute Gasteiger partial charge is 0.444 e. The summed E-state index contributed by atoms with van der Waals surface area (Å²) >= 11 is 6.08. The van der Waals surface area contributed by atoms with Crippen LogP contribution >= 0.6 is 11.6 Å². The minimum Gasteiger partial charge on any atom is -0.444 e. The second kappa shape index (κ2) is 8.03. The molecule has 3 rings (SSSR count). The van der Waals surface area contributed by atoms with Crippen LogP contribution in [-0.4, -0.2) is 49.9 Å². The minimum absolute atomic E-state index is 0.0899. The number of carbonyl (C=O) groups is 1. The Morgan fingerprint density at radius 3 is 2.57 bits per heavy atom. The highest BCUT2D eigenvalue weighted by molar-refractivity contribution is 6.30. The Labute approximate surface area is 168 Å². The van der Waals surface area contributed by atoms with Gasteiger partial charge in [0.1, 0.15) is 11.4 Å². The second-order valence-electron chi connectivity index (χ2n) is 8.07. The van der Waals surface area contributed by atoms with Gasteiger partial charge in [0.25, 0.3) is 0 Å². The zero-order valence-corrected chi connectivity index (χ0v) is 17.3. The van der Waals surface area contributed by atoms with Crippen LogP contribution in [0.4, 0.5) is 9.18 Å². The maximum atomic E-state index is 14.2. The molecule has 1 aromatic heterocycles. The van der Waals surface area contributed by atoms with Crippen LogP contribution in [0.1, 0.15) is 63.6 Å². The van der Waals surface area contributed by atoms with Crippen molar-refractivity contribution in [3.05, 3.63) is 40.4 Å². The van der Waals surface area contributed by atoms with E-state index in [0.29, 0.717) is 13.1 Å². The molecule has 1 aliphatic rings. The quantitative estimate of drug-likeness (QED) is 0.759. The Balaban J connectivity index is 1.79. The van der Waals surface area contributed by atoms with E-state index in [4.69, 9.17) is 16.3 Å². The fraction of sp³-hybridized carbons (Fsp3) is 0.579. The average Bonchev–Trinajstić information content (AvgIpc) is 3.16. The van der Waals surface area contributed by atoms with Crippen molar-refractivity contribution in [2.45, 2.75) is 58.1 Å². The molecule has 28 heavy (non-hydrogen) atoms. The molecule has 0 aliphatic carbocycles. The number of ether oxygens (including phenoxy) is 1. The molecule has 7 nitrogen and oxygen atoms in total. The number of hydrogen-bond donors (Lipinski definition) is 0. The number of amides is 1. The third-order valence-corrected chi connectivity index (χ3v) is 5.16. The number of likely N-dealkylation sites (tertiary alicyclic amines) is 1. The Bertz CT molecular complexity index is 830. The van der Waals surface area contributed by atoms with Crippen LogP contribution in [0.15, 0.2) is 18.5 Å². The van der Waals surface area contributed by atoms with Crippen LogP contribution in [0, 0.1) is 5.82 Å². The Morgan fingerprint density at radius 2 is 2.00 bits per heavy atom. The van der Waals surface area contributed by atoms with Gasteiger partial charge in [0.05, 0.1) is 11.1 Å². The van der Waals surface area contributed by atoms with Crippen LogP contribution in [0.3, 0.4) is 0 Å². The van der Waals surface area contributed by atoms with E-state index in [1.165, 1.54) is 17.2 Å². The van der Waals surface area contributed by atoms with Gasteiger partial charge in [0.2, 0.25) is 0 Å². The lowest BCUT2D eigenvalue weighted by Gasteiger charge is -2.34. The van der Waals surface area contributed by atoms with Crippen LogP contribution in [-0.2, 0) is 4.74 Å². The van der Waals surface area contributed by atoms with E-state index in [0.717, 1.165) is 24.0 Å². The summed E-state index contributed by atoms with van der Waals surface area (Å²) in [6, 6.07) is 2.85. The molecule has 1 atom stereocenters. The molecular formula is C19H25ClFN5O2. The number of benzene rings is 1. The smallest absolute Gasteiger partial charge is 0.410 e. The van der Waals surface area contributed by atoms with Gasteiger partial charge >= 0.3 is 6.09 Å². The van der Waals surface area contributed by atoms with Crippen LogP contribution in [0.5, 0.6) is 0 Å². The third kappa shape index (κ3) is 4.60. The summed E-state index contributed by atoms with van der Waals surface area (Å²) in [5.74, 6) is -0.323. The van der Waals surface area contributed by atoms with Crippen molar-refractivity contribution in [1.82, 2.24) is 25.1 Å². The van der Waals surface area contributed by atoms with Crippen LogP contribution in [0.2, 0.25) is 5.02 Å². The number of aromatic nitrogens is 4.